The average Bonchev–Trinajstić information content (AvgIpc) is 2.32. The predicted molar refractivity (Wildman–Crippen MR) is 68.0 cm³/mol. The van der Waals surface area contributed by atoms with E-state index in [9.17, 15) is 0 Å². The predicted octanol–water partition coefficient (Wildman–Crippen LogP) is 2.30. The highest BCUT2D eigenvalue weighted by atomic mass is 16.5. The molecule has 0 saturated heterocycles. The summed E-state index contributed by atoms with van der Waals surface area (Å²) >= 11 is 0. The Morgan fingerprint density at radius 1 is 1.38 bits per heavy atom. The molecule has 0 aromatic carbocycles. The minimum absolute atomic E-state index is 0.507. The summed E-state index contributed by atoms with van der Waals surface area (Å²) < 4.78 is 5.12. The van der Waals surface area contributed by atoms with Gasteiger partial charge in [-0.3, -0.25) is 0 Å². The molecule has 1 rings (SSSR count). The number of nitrogens with two attached hydrogens (primary N) is 1. The number of methoxy groups -OCH3 is 1. The molecule has 0 aliphatic rings. The molecule has 4 nitrogen and oxygen atoms in total. The SMILES string of the molecule is CCCCN(CC)c1ccc(N)c(OC)n1. The van der Waals surface area contributed by atoms with Gasteiger partial charge in [0, 0.05) is 13.1 Å². The number of hydrogen-bond acceptors (Lipinski definition) is 4. The number of anilines is 2. The number of rotatable bonds is 6. The van der Waals surface area contributed by atoms with E-state index in [2.05, 4.69) is 23.7 Å². The van der Waals surface area contributed by atoms with Crippen LogP contribution in [0.15, 0.2) is 12.1 Å². The van der Waals surface area contributed by atoms with E-state index in [1.165, 1.54) is 12.8 Å². The third-order valence-corrected chi connectivity index (χ3v) is 2.56. The fourth-order valence-electron chi connectivity index (χ4n) is 1.56. The first-order valence-corrected chi connectivity index (χ1v) is 5.78. The van der Waals surface area contributed by atoms with Gasteiger partial charge in [-0.25, -0.2) is 0 Å². The van der Waals surface area contributed by atoms with E-state index in [-0.39, 0.29) is 0 Å². The van der Waals surface area contributed by atoms with E-state index < -0.39 is 0 Å². The van der Waals surface area contributed by atoms with E-state index >= 15 is 0 Å². The Bertz CT molecular complexity index is 328. The van der Waals surface area contributed by atoms with Crippen LogP contribution >= 0.6 is 0 Å². The van der Waals surface area contributed by atoms with Crippen molar-refractivity contribution in [2.45, 2.75) is 26.7 Å². The van der Waals surface area contributed by atoms with Gasteiger partial charge in [-0.15, -0.1) is 0 Å². The zero-order valence-electron chi connectivity index (χ0n) is 10.4. The van der Waals surface area contributed by atoms with Crippen molar-refractivity contribution in [1.82, 2.24) is 4.98 Å². The van der Waals surface area contributed by atoms with Gasteiger partial charge >= 0.3 is 0 Å². The van der Waals surface area contributed by atoms with E-state index in [0.717, 1.165) is 18.9 Å². The van der Waals surface area contributed by atoms with Gasteiger partial charge in [0.15, 0.2) is 0 Å². The van der Waals surface area contributed by atoms with Gasteiger partial charge in [-0.05, 0) is 25.5 Å². The quantitative estimate of drug-likeness (QED) is 0.804. The molecule has 2 N–H and O–H groups in total. The topological polar surface area (TPSA) is 51.4 Å². The summed E-state index contributed by atoms with van der Waals surface area (Å²) in [6.45, 7) is 6.28. The van der Waals surface area contributed by atoms with Gasteiger partial charge in [0.05, 0.1) is 12.8 Å². The molecule has 16 heavy (non-hydrogen) atoms. The number of ether oxygens (including phenoxy) is 1. The largest absolute Gasteiger partial charge is 0.479 e. The lowest BCUT2D eigenvalue weighted by atomic mass is 10.3. The van der Waals surface area contributed by atoms with Crippen molar-refractivity contribution in [3.63, 3.8) is 0 Å². The lowest BCUT2D eigenvalue weighted by Crippen LogP contribution is -2.24. The number of unbranched alkanes of at least 4 members (excludes halogenated alkanes) is 1. The second kappa shape index (κ2) is 6.20. The Kier molecular flexibility index (Phi) is 4.89. The molecule has 0 aliphatic heterocycles. The zero-order chi connectivity index (χ0) is 12.0. The highest BCUT2D eigenvalue weighted by molar-refractivity contribution is 5.54. The van der Waals surface area contributed by atoms with Gasteiger partial charge in [-0.1, -0.05) is 13.3 Å². The fourth-order valence-corrected chi connectivity index (χ4v) is 1.56. The molecule has 0 saturated carbocycles. The standard InChI is InChI=1S/C12H21N3O/c1-4-6-9-15(5-2)11-8-7-10(13)12(14-11)16-3/h7-8H,4-6,9,13H2,1-3H3. The highest BCUT2D eigenvalue weighted by Crippen LogP contribution is 2.22. The van der Waals surface area contributed by atoms with Crippen LogP contribution in [0.4, 0.5) is 11.5 Å². The third-order valence-electron chi connectivity index (χ3n) is 2.56. The monoisotopic (exact) mass is 223 g/mol. The van der Waals surface area contributed by atoms with E-state index in [1.54, 1.807) is 7.11 Å². The number of aromatic nitrogens is 1. The summed E-state index contributed by atoms with van der Waals surface area (Å²) in [5.41, 5.74) is 6.32. The minimum atomic E-state index is 0.507. The second-order valence-electron chi connectivity index (χ2n) is 3.70. The Hall–Kier alpha value is -1.45. The number of pyridine rings is 1. The molecule has 1 aromatic rings. The zero-order valence-corrected chi connectivity index (χ0v) is 10.4. The molecule has 1 heterocycles. The molecule has 1 aromatic heterocycles. The van der Waals surface area contributed by atoms with Gasteiger partial charge in [0.1, 0.15) is 5.82 Å². The van der Waals surface area contributed by atoms with Crippen LogP contribution in [0.5, 0.6) is 5.88 Å². The van der Waals surface area contributed by atoms with Crippen molar-refractivity contribution in [3.05, 3.63) is 12.1 Å². The summed E-state index contributed by atoms with van der Waals surface area (Å²) in [4.78, 5) is 6.62. The summed E-state index contributed by atoms with van der Waals surface area (Å²) in [6.07, 6.45) is 2.35. The molecular weight excluding hydrogens is 202 g/mol. The van der Waals surface area contributed by atoms with Gasteiger partial charge < -0.3 is 15.4 Å². The van der Waals surface area contributed by atoms with Crippen LogP contribution in [0, 0.1) is 0 Å². The lowest BCUT2D eigenvalue weighted by molar-refractivity contribution is 0.400. The van der Waals surface area contributed by atoms with Crippen LogP contribution in [0.1, 0.15) is 26.7 Å². The van der Waals surface area contributed by atoms with Crippen molar-refractivity contribution in [3.8, 4) is 5.88 Å². The summed E-state index contributed by atoms with van der Waals surface area (Å²) in [6, 6.07) is 3.78. The molecule has 0 amide bonds. The van der Waals surface area contributed by atoms with E-state index in [0.29, 0.717) is 11.6 Å². The first-order chi connectivity index (χ1) is 7.72. The molecule has 0 unspecified atom stereocenters. The van der Waals surface area contributed by atoms with Gasteiger partial charge in [0.25, 0.3) is 0 Å². The van der Waals surface area contributed by atoms with Gasteiger partial charge in [-0.2, -0.15) is 4.98 Å². The Balaban J connectivity index is 2.83. The summed E-state index contributed by atoms with van der Waals surface area (Å²) in [5.74, 6) is 1.44. The number of nitrogens with zero attached hydrogens (tertiary/aromatic N) is 2. The van der Waals surface area contributed by atoms with E-state index in [1.807, 2.05) is 12.1 Å². The van der Waals surface area contributed by atoms with Gasteiger partial charge in [0.2, 0.25) is 5.88 Å². The first kappa shape index (κ1) is 12.6. The van der Waals surface area contributed by atoms with Crippen molar-refractivity contribution >= 4 is 11.5 Å². The maximum absolute atomic E-state index is 5.74. The Morgan fingerprint density at radius 2 is 2.12 bits per heavy atom. The molecule has 0 spiro atoms. The van der Waals surface area contributed by atoms with Crippen molar-refractivity contribution in [2.24, 2.45) is 0 Å². The van der Waals surface area contributed by atoms with Crippen molar-refractivity contribution in [2.75, 3.05) is 30.8 Å². The highest BCUT2D eigenvalue weighted by Gasteiger charge is 2.08. The second-order valence-corrected chi connectivity index (χ2v) is 3.70. The average molecular weight is 223 g/mol. The number of nitrogen functional groups attached to an aromatic ring is 1. The Labute approximate surface area is 97.4 Å². The molecule has 0 atom stereocenters. The van der Waals surface area contributed by atoms with Crippen LogP contribution in [0.3, 0.4) is 0 Å². The first-order valence-electron chi connectivity index (χ1n) is 5.78. The lowest BCUT2D eigenvalue weighted by Gasteiger charge is -2.22. The Morgan fingerprint density at radius 3 is 2.69 bits per heavy atom. The smallest absolute Gasteiger partial charge is 0.238 e. The molecule has 4 heteroatoms. The molecule has 90 valence electrons. The third kappa shape index (κ3) is 3.02. The molecule has 0 aliphatic carbocycles. The molecule has 0 radical (unpaired) electrons. The molecule has 0 fully saturated rings. The normalized spacial score (nSPS) is 10.2. The van der Waals surface area contributed by atoms with Crippen LogP contribution in [0.25, 0.3) is 0 Å². The fraction of sp³-hybridized carbons (Fsp3) is 0.583. The maximum atomic E-state index is 5.74. The van der Waals surface area contributed by atoms with E-state index in [4.69, 9.17) is 10.5 Å². The minimum Gasteiger partial charge on any atom is -0.479 e. The summed E-state index contributed by atoms with van der Waals surface area (Å²) in [7, 11) is 1.59. The van der Waals surface area contributed by atoms with Crippen LogP contribution in [-0.2, 0) is 0 Å². The van der Waals surface area contributed by atoms with Crippen molar-refractivity contribution in [1.29, 1.82) is 0 Å². The number of hydrogen-bond donors (Lipinski definition) is 1. The molecular formula is C12H21N3O. The maximum Gasteiger partial charge on any atom is 0.238 e. The molecule has 0 bridgehead atoms. The van der Waals surface area contributed by atoms with Crippen LogP contribution in [-0.4, -0.2) is 25.2 Å². The van der Waals surface area contributed by atoms with Crippen molar-refractivity contribution < 1.29 is 4.74 Å². The van der Waals surface area contributed by atoms with Crippen LogP contribution in [0.2, 0.25) is 0 Å². The summed E-state index contributed by atoms with van der Waals surface area (Å²) in [5, 5.41) is 0. The van der Waals surface area contributed by atoms with Crippen LogP contribution < -0.4 is 15.4 Å².